The molecule has 0 radical (unpaired) electrons. The number of aromatic amines is 1. The molecule has 0 unspecified atom stereocenters. The molecule has 0 amide bonds. The maximum atomic E-state index is 11.5. The minimum atomic E-state index is -3.90. The van der Waals surface area contributed by atoms with Crippen molar-refractivity contribution < 1.29 is 8.42 Å². The molecule has 0 aliphatic rings. The highest BCUT2D eigenvalue weighted by Gasteiger charge is 2.24. The Morgan fingerprint density at radius 2 is 2.06 bits per heavy atom. The van der Waals surface area contributed by atoms with Crippen LogP contribution in [-0.4, -0.2) is 33.4 Å². The summed E-state index contributed by atoms with van der Waals surface area (Å²) in [5.74, 6) is 0.431. The van der Waals surface area contributed by atoms with Gasteiger partial charge in [-0.15, -0.1) is 10.2 Å². The third-order valence-electron chi connectivity index (χ3n) is 2.51. The van der Waals surface area contributed by atoms with Gasteiger partial charge in [0.05, 0.1) is 11.8 Å². The molecule has 3 N–H and O–H groups in total. The standard InChI is InChI=1S/C9H14N6O2S/c1-5(2)15-8(7-4-11-12-6(7)3)13-14-9(15)18(10,16)17/h4-5H,1-3H3,(H,11,12)(H2,10,16,17). The van der Waals surface area contributed by atoms with E-state index in [0.717, 1.165) is 5.69 Å². The monoisotopic (exact) mass is 270 g/mol. The van der Waals surface area contributed by atoms with Crippen LogP contribution in [0.25, 0.3) is 11.4 Å². The van der Waals surface area contributed by atoms with E-state index < -0.39 is 10.0 Å². The second-order valence-electron chi connectivity index (χ2n) is 4.22. The van der Waals surface area contributed by atoms with E-state index in [2.05, 4.69) is 20.4 Å². The summed E-state index contributed by atoms with van der Waals surface area (Å²) >= 11 is 0. The molecule has 0 saturated heterocycles. The maximum Gasteiger partial charge on any atom is 0.273 e. The van der Waals surface area contributed by atoms with Crippen LogP contribution in [0.5, 0.6) is 0 Å². The summed E-state index contributed by atoms with van der Waals surface area (Å²) in [5.41, 5.74) is 1.48. The normalized spacial score (nSPS) is 12.3. The van der Waals surface area contributed by atoms with E-state index in [9.17, 15) is 8.42 Å². The number of hydrogen-bond acceptors (Lipinski definition) is 5. The number of rotatable bonds is 3. The van der Waals surface area contributed by atoms with E-state index in [1.54, 1.807) is 6.20 Å². The van der Waals surface area contributed by atoms with Crippen molar-refractivity contribution in [1.82, 2.24) is 25.0 Å². The highest BCUT2D eigenvalue weighted by atomic mass is 32.2. The molecule has 0 fully saturated rings. The third-order valence-corrected chi connectivity index (χ3v) is 3.29. The van der Waals surface area contributed by atoms with Gasteiger partial charge in [0.15, 0.2) is 5.82 Å². The van der Waals surface area contributed by atoms with Crippen LogP contribution in [0.3, 0.4) is 0 Å². The fraction of sp³-hybridized carbons (Fsp3) is 0.444. The van der Waals surface area contributed by atoms with Gasteiger partial charge in [-0.05, 0) is 20.8 Å². The van der Waals surface area contributed by atoms with Crippen LogP contribution in [0.4, 0.5) is 0 Å². The largest absolute Gasteiger partial charge is 0.294 e. The second kappa shape index (κ2) is 4.18. The SMILES string of the molecule is Cc1[nH]ncc1-c1nnc(S(N)(=O)=O)n1C(C)C. The van der Waals surface area contributed by atoms with Crippen LogP contribution >= 0.6 is 0 Å². The Bertz CT molecular complexity index is 669. The molecular weight excluding hydrogens is 256 g/mol. The molecule has 2 aromatic heterocycles. The van der Waals surface area contributed by atoms with Gasteiger partial charge < -0.3 is 0 Å². The Morgan fingerprint density at radius 3 is 2.50 bits per heavy atom. The fourth-order valence-corrected chi connectivity index (χ4v) is 2.42. The Morgan fingerprint density at radius 1 is 1.39 bits per heavy atom. The fourth-order valence-electron chi connectivity index (χ4n) is 1.70. The second-order valence-corrected chi connectivity index (χ2v) is 5.68. The molecule has 98 valence electrons. The molecule has 8 nitrogen and oxygen atoms in total. The van der Waals surface area contributed by atoms with Gasteiger partial charge in [-0.25, -0.2) is 13.6 Å². The van der Waals surface area contributed by atoms with Gasteiger partial charge >= 0.3 is 0 Å². The van der Waals surface area contributed by atoms with Crippen LogP contribution in [0.1, 0.15) is 25.6 Å². The van der Waals surface area contributed by atoms with E-state index in [-0.39, 0.29) is 11.2 Å². The van der Waals surface area contributed by atoms with Crippen LogP contribution < -0.4 is 5.14 Å². The summed E-state index contributed by atoms with van der Waals surface area (Å²) in [6.07, 6.45) is 1.57. The predicted octanol–water partition coefficient (Wildman–Crippen LogP) is 0.205. The number of aryl methyl sites for hydroxylation is 1. The zero-order chi connectivity index (χ0) is 13.5. The molecule has 18 heavy (non-hydrogen) atoms. The molecule has 0 aliphatic carbocycles. The number of sulfonamides is 1. The third kappa shape index (κ3) is 2.02. The molecule has 2 rings (SSSR count). The molecule has 0 aromatic carbocycles. The molecular formula is C9H14N6O2S. The van der Waals surface area contributed by atoms with E-state index >= 15 is 0 Å². The van der Waals surface area contributed by atoms with Crippen molar-refractivity contribution in [3.63, 3.8) is 0 Å². The smallest absolute Gasteiger partial charge is 0.273 e. The molecule has 9 heteroatoms. The number of primary sulfonamides is 1. The Labute approximate surface area is 104 Å². The van der Waals surface area contributed by atoms with Gasteiger partial charge in [-0.2, -0.15) is 5.10 Å². The summed E-state index contributed by atoms with van der Waals surface area (Å²) in [6, 6.07) is -0.141. The van der Waals surface area contributed by atoms with Gasteiger partial charge in [0.2, 0.25) is 0 Å². The lowest BCUT2D eigenvalue weighted by atomic mass is 10.2. The van der Waals surface area contributed by atoms with Crippen LogP contribution in [0.15, 0.2) is 11.4 Å². The van der Waals surface area contributed by atoms with Crippen molar-refractivity contribution in [1.29, 1.82) is 0 Å². The number of nitrogens with one attached hydrogen (secondary N) is 1. The zero-order valence-corrected chi connectivity index (χ0v) is 11.1. The summed E-state index contributed by atoms with van der Waals surface area (Å²) in [6.45, 7) is 5.48. The van der Waals surface area contributed by atoms with Crippen molar-refractivity contribution in [2.75, 3.05) is 0 Å². The number of H-pyrrole nitrogens is 1. The van der Waals surface area contributed by atoms with E-state index in [1.165, 1.54) is 4.57 Å². The van der Waals surface area contributed by atoms with Crippen LogP contribution in [0.2, 0.25) is 0 Å². The van der Waals surface area contributed by atoms with Gasteiger partial charge in [-0.1, -0.05) is 0 Å². The predicted molar refractivity (Wildman–Crippen MR) is 64.1 cm³/mol. The molecule has 2 heterocycles. The van der Waals surface area contributed by atoms with Gasteiger partial charge in [-0.3, -0.25) is 9.67 Å². The van der Waals surface area contributed by atoms with Gasteiger partial charge in [0.1, 0.15) is 0 Å². The lowest BCUT2D eigenvalue weighted by molar-refractivity contribution is 0.524. The van der Waals surface area contributed by atoms with Gasteiger partial charge in [0.25, 0.3) is 15.2 Å². The lowest BCUT2D eigenvalue weighted by Gasteiger charge is -2.12. The minimum absolute atomic E-state index is 0.141. The summed E-state index contributed by atoms with van der Waals surface area (Å²) in [4.78, 5) is 0. The quantitative estimate of drug-likeness (QED) is 0.825. The first-order valence-electron chi connectivity index (χ1n) is 5.30. The van der Waals surface area contributed by atoms with Crippen molar-refractivity contribution in [3.05, 3.63) is 11.9 Å². The van der Waals surface area contributed by atoms with Crippen molar-refractivity contribution in [3.8, 4) is 11.4 Å². The Hall–Kier alpha value is -1.74. The van der Waals surface area contributed by atoms with Gasteiger partial charge in [0, 0.05) is 11.7 Å². The highest BCUT2D eigenvalue weighted by Crippen LogP contribution is 2.25. The highest BCUT2D eigenvalue weighted by molar-refractivity contribution is 7.89. The summed E-state index contributed by atoms with van der Waals surface area (Å²) < 4.78 is 24.4. The Balaban J connectivity index is 2.72. The van der Waals surface area contributed by atoms with Crippen molar-refractivity contribution in [2.45, 2.75) is 32.0 Å². The van der Waals surface area contributed by atoms with Crippen LogP contribution in [0, 0.1) is 6.92 Å². The molecule has 0 atom stereocenters. The lowest BCUT2D eigenvalue weighted by Crippen LogP contribution is -2.20. The Kier molecular flexibility index (Phi) is 2.95. The molecule has 0 bridgehead atoms. The summed E-state index contributed by atoms with van der Waals surface area (Å²) in [5, 5.41) is 19.1. The molecule has 0 aliphatic heterocycles. The first-order chi connectivity index (χ1) is 8.32. The number of nitrogens with two attached hydrogens (primary N) is 1. The molecule has 2 aromatic rings. The molecule has 0 saturated carbocycles. The zero-order valence-electron chi connectivity index (χ0n) is 10.2. The molecule has 0 spiro atoms. The number of aromatic nitrogens is 5. The average Bonchev–Trinajstić information content (AvgIpc) is 2.80. The first-order valence-corrected chi connectivity index (χ1v) is 6.85. The average molecular weight is 270 g/mol. The summed E-state index contributed by atoms with van der Waals surface area (Å²) in [7, 11) is -3.90. The van der Waals surface area contributed by atoms with E-state index in [4.69, 9.17) is 5.14 Å². The number of hydrogen-bond donors (Lipinski definition) is 2. The van der Waals surface area contributed by atoms with Crippen molar-refractivity contribution >= 4 is 10.0 Å². The van der Waals surface area contributed by atoms with Crippen molar-refractivity contribution in [2.24, 2.45) is 5.14 Å². The maximum absolute atomic E-state index is 11.5. The van der Waals surface area contributed by atoms with E-state index in [0.29, 0.717) is 11.4 Å². The first kappa shape index (κ1) is 12.7. The topological polar surface area (TPSA) is 120 Å². The number of nitrogens with zero attached hydrogens (tertiary/aromatic N) is 4. The van der Waals surface area contributed by atoms with Crippen LogP contribution in [-0.2, 0) is 10.0 Å². The van der Waals surface area contributed by atoms with E-state index in [1.807, 2.05) is 20.8 Å². The minimum Gasteiger partial charge on any atom is -0.294 e.